The van der Waals surface area contributed by atoms with Gasteiger partial charge in [0.15, 0.2) is 52.1 Å². The van der Waals surface area contributed by atoms with Gasteiger partial charge in [-0.25, -0.2) is 58.1 Å². The van der Waals surface area contributed by atoms with Gasteiger partial charge in [0.05, 0.1) is 174 Å². The molecule has 0 saturated carbocycles. The molecule has 44 nitrogen and oxygen atoms in total. The molecule has 4 amide bonds. The Morgan fingerprint density at radius 2 is 0.862 bits per heavy atom. The molecular weight excluding hydrogens is 1730 g/mol. The van der Waals surface area contributed by atoms with Crippen molar-refractivity contribution >= 4 is 87.1 Å². The van der Waals surface area contributed by atoms with E-state index in [1.165, 1.54) is 36.7 Å². The number of rotatable bonds is 69. The molecule has 7 rings (SSSR count). The van der Waals surface area contributed by atoms with Crippen LogP contribution in [-0.2, 0) is 84.4 Å². The van der Waals surface area contributed by atoms with Crippen LogP contribution in [0.3, 0.4) is 0 Å². The zero-order chi connectivity index (χ0) is 93.6. The Balaban J connectivity index is 0.679. The van der Waals surface area contributed by atoms with E-state index in [1.807, 2.05) is 0 Å². The second-order valence-corrected chi connectivity index (χ2v) is 28.4. The maximum Gasteiger partial charge on any atom is 0.326 e. The Hall–Kier alpha value is -12.6. The summed E-state index contributed by atoms with van der Waals surface area (Å²) < 4.78 is 124. The maximum absolute atomic E-state index is 14.0. The summed E-state index contributed by atoms with van der Waals surface area (Å²) in [5, 5.41) is 49.5. The summed E-state index contributed by atoms with van der Waals surface area (Å²) in [6.45, 7) is 7.82. The van der Waals surface area contributed by atoms with E-state index in [1.54, 1.807) is 36.7 Å². The number of allylic oxidation sites excluding steroid dienone is 6. The van der Waals surface area contributed by atoms with Crippen LogP contribution in [-0.4, -0.2) is 286 Å². The summed E-state index contributed by atoms with van der Waals surface area (Å²) in [4.78, 5) is 143. The lowest BCUT2D eigenvalue weighted by atomic mass is 10.1. The van der Waals surface area contributed by atoms with E-state index in [-0.39, 0.29) is 117 Å². The van der Waals surface area contributed by atoms with Gasteiger partial charge in [-0.05, 0) is 99.9 Å². The number of nitrogen functional groups attached to an aromatic ring is 2. The second kappa shape index (κ2) is 59.5. The van der Waals surface area contributed by atoms with Gasteiger partial charge in [0, 0.05) is 93.6 Å². The lowest BCUT2D eigenvalue weighted by molar-refractivity contribution is -0.143. The number of aromatic amines is 2. The number of fused-ring (bicyclic) bond motifs is 2. The standard InChI is InChI=1S/C81H110F5N23O21/c82-64-65(83)67(85)71(68(86)66(64)84)130-63(112)19-27-121-33-39-127-42-36-124-30-24-109(25-31-125-37-43-128-40-34-122-28-22-91-45-55(107-89)5-1-3-20-93-61(110)17-15-59(78(117)118)101-74(113)51-7-11-53(12-8-51)95-47-57-49-97-72-69(99-57)76(115)105-80(87)103-72)26-32-126-38-44-129-41-35-123-29-23-92-46-56(108-90)6-2-4-21-94-62(111)18-16-60(79(119)120)102-75(114)52-9-13-54(14-10-52)96-48-58-50-98-73-70(100-58)77(116)106-81(88)104-73/h7-14,45-46,49-50,59-60,65,67,89-92,95-96H,1-6,15-44,47-48H2,(H,93,110)(H,94,111)(H,101,113)(H,102,114)(H,117,118)(H,119,120)(H3,87,97,103,105,115)(H3,88,98,104,106,116)/b55-45-,56-46-,107-89?,108-90?/t59-,60-,65?,67?/m0/s1. The number of nitrogens with zero attached hydrogens (tertiary/aromatic N) is 9. The highest BCUT2D eigenvalue weighted by molar-refractivity contribution is 5.98. The van der Waals surface area contributed by atoms with Crippen molar-refractivity contribution < 1.29 is 113 Å². The third-order valence-electron chi connectivity index (χ3n) is 18.6. The van der Waals surface area contributed by atoms with Crippen LogP contribution in [0.2, 0.25) is 0 Å². The SMILES string of the molecule is N=N/C(=C\NCCOCCOCCOCCN(CCOCCOCCOCCN/C=C(/CCCCNC(=O)CC[C@H](NC(=O)c1ccc(NCc2cnc3nc(N)[nH]c(=O)c3n2)cc1)C(=O)O)N=N)CCOCCOCCOCCC(=O)OC1=C(F)C(F)=C(F)C(F)C1F)CCCCNC(=O)CC[C@H](NC(=O)c1ccc(NCc2cnc3nc(N)[nH]c(=O)c3n2)cc1)C(=O)O. The van der Waals surface area contributed by atoms with Gasteiger partial charge >= 0.3 is 17.9 Å². The number of hydrogen-bond donors (Lipinski definition) is 16. The van der Waals surface area contributed by atoms with Gasteiger partial charge in [-0.1, -0.05) is 0 Å². The van der Waals surface area contributed by atoms with Gasteiger partial charge in [-0.2, -0.15) is 24.6 Å². The lowest BCUT2D eigenvalue weighted by Crippen LogP contribution is -2.41. The molecule has 130 heavy (non-hydrogen) atoms. The molecule has 2 aromatic carbocycles. The van der Waals surface area contributed by atoms with E-state index in [0.29, 0.717) is 204 Å². The topological polar surface area (TPSA) is 619 Å². The third kappa shape index (κ3) is 39.5. The zero-order valence-corrected chi connectivity index (χ0v) is 71.3. The van der Waals surface area contributed by atoms with Crippen molar-refractivity contribution in [1.29, 1.82) is 11.1 Å². The summed E-state index contributed by atoms with van der Waals surface area (Å²) >= 11 is 0. The number of ether oxygens (including phenoxy) is 10. The van der Waals surface area contributed by atoms with E-state index in [0.717, 1.165) is 0 Å². The molecule has 4 heterocycles. The predicted molar refractivity (Wildman–Crippen MR) is 456 cm³/mol. The average Bonchev–Trinajstić information content (AvgIpc) is 0.970. The number of hydrogen-bond acceptors (Lipinski definition) is 36. The van der Waals surface area contributed by atoms with Crippen LogP contribution in [0.25, 0.3) is 22.3 Å². The van der Waals surface area contributed by atoms with Crippen LogP contribution in [0.15, 0.2) is 128 Å². The number of amides is 4. The summed E-state index contributed by atoms with van der Waals surface area (Å²) in [6, 6.07) is 9.76. The second-order valence-electron chi connectivity index (χ2n) is 28.4. The number of halogens is 5. The van der Waals surface area contributed by atoms with Gasteiger partial charge < -0.3 is 112 Å². The molecule has 4 aromatic heterocycles. The lowest BCUT2D eigenvalue weighted by Gasteiger charge is -2.22. The molecule has 0 saturated heterocycles. The van der Waals surface area contributed by atoms with Crippen LogP contribution >= 0.6 is 0 Å². The number of carbonyl (C=O) groups excluding carboxylic acids is 5. The zero-order valence-electron chi connectivity index (χ0n) is 71.3. The van der Waals surface area contributed by atoms with Gasteiger partial charge in [0.25, 0.3) is 22.9 Å². The molecule has 710 valence electrons. The highest BCUT2D eigenvalue weighted by atomic mass is 19.2. The number of nitrogens with two attached hydrogens (primary N) is 2. The number of carbonyl (C=O) groups is 7. The van der Waals surface area contributed by atoms with Crippen LogP contribution in [0.1, 0.15) is 103 Å². The number of esters is 1. The monoisotopic (exact) mass is 1840 g/mol. The first kappa shape index (κ1) is 104. The molecule has 0 fully saturated rings. The maximum atomic E-state index is 14.0. The summed E-state index contributed by atoms with van der Waals surface area (Å²) in [5.41, 5.74) is 28.9. The van der Waals surface area contributed by atoms with E-state index in [9.17, 15) is 75.3 Å². The van der Waals surface area contributed by atoms with Crippen molar-refractivity contribution in [2.24, 2.45) is 10.2 Å². The number of benzene rings is 2. The quantitative estimate of drug-likeness (QED) is 0.0107. The highest BCUT2D eigenvalue weighted by Crippen LogP contribution is 2.37. The highest BCUT2D eigenvalue weighted by Gasteiger charge is 2.42. The van der Waals surface area contributed by atoms with Gasteiger partial charge in [0.2, 0.25) is 29.5 Å². The van der Waals surface area contributed by atoms with Crippen LogP contribution in [0.4, 0.5) is 45.2 Å². The number of carboxylic acid groups (broad SMARTS) is 2. The summed E-state index contributed by atoms with van der Waals surface area (Å²) in [5.74, 6) is -14.4. The Morgan fingerprint density at radius 3 is 1.25 bits per heavy atom. The van der Waals surface area contributed by atoms with E-state index < -0.39 is 107 Å². The average molecular weight is 1840 g/mol. The molecule has 4 atom stereocenters. The van der Waals surface area contributed by atoms with Crippen molar-refractivity contribution in [3.8, 4) is 0 Å². The third-order valence-corrected chi connectivity index (χ3v) is 18.6. The van der Waals surface area contributed by atoms with Crippen LogP contribution in [0.5, 0.6) is 0 Å². The predicted octanol–water partition coefficient (Wildman–Crippen LogP) is 4.66. The van der Waals surface area contributed by atoms with E-state index >= 15 is 0 Å². The van der Waals surface area contributed by atoms with Crippen molar-refractivity contribution in [3.63, 3.8) is 0 Å². The first-order chi connectivity index (χ1) is 62.9. The molecule has 18 N–H and O–H groups in total. The number of alkyl halides is 2. The van der Waals surface area contributed by atoms with E-state index in [2.05, 4.69) is 102 Å². The van der Waals surface area contributed by atoms with Gasteiger partial charge in [0.1, 0.15) is 12.1 Å². The van der Waals surface area contributed by atoms with Crippen molar-refractivity contribution in [3.05, 3.63) is 151 Å². The minimum Gasteiger partial charge on any atom is -0.480 e. The first-order valence-electron chi connectivity index (χ1n) is 41.7. The van der Waals surface area contributed by atoms with Crippen molar-refractivity contribution in [2.45, 2.75) is 108 Å². The Morgan fingerprint density at radius 1 is 0.485 bits per heavy atom. The number of anilines is 4. The molecule has 0 aliphatic heterocycles. The largest absolute Gasteiger partial charge is 0.480 e. The Labute approximate surface area is 741 Å². The molecule has 1 aliphatic rings. The van der Waals surface area contributed by atoms with Crippen LogP contribution < -0.4 is 65.1 Å². The molecular formula is C81H110F5N23O21. The first-order valence-corrected chi connectivity index (χ1v) is 41.7. The molecule has 49 heteroatoms. The molecule has 2 unspecified atom stereocenters. The molecule has 0 bridgehead atoms. The normalized spacial score (nSPS) is 14.0. The smallest absolute Gasteiger partial charge is 0.326 e. The number of unbranched alkanes of at least 4 members (excludes halogenated alkanes) is 2. The number of carboxylic acids is 2. The van der Waals surface area contributed by atoms with Crippen molar-refractivity contribution in [2.75, 3.05) is 187 Å². The molecule has 0 spiro atoms. The van der Waals surface area contributed by atoms with Crippen molar-refractivity contribution in [1.82, 2.24) is 76.7 Å². The minimum absolute atomic E-state index is 0.00691. The number of nitrogens with one attached hydrogen (secondary N) is 12. The van der Waals surface area contributed by atoms with Crippen LogP contribution in [0, 0.1) is 11.1 Å². The molecule has 0 radical (unpaired) electrons. The number of aliphatic carboxylic acids is 2. The van der Waals surface area contributed by atoms with Gasteiger partial charge in [-0.15, -0.1) is 0 Å². The molecule has 1 aliphatic carbocycles. The Kier molecular flexibility index (Phi) is 47.8. The van der Waals surface area contributed by atoms with E-state index in [4.69, 9.17) is 65.2 Å². The molecule has 6 aromatic rings. The fourth-order valence-corrected chi connectivity index (χ4v) is 11.7. The fourth-order valence-electron chi connectivity index (χ4n) is 11.7. The van der Waals surface area contributed by atoms with Gasteiger partial charge in [-0.3, -0.25) is 48.4 Å². The fraction of sp³-hybridized carbons (Fsp3) is 0.519. The number of aromatic nitrogens is 8. The minimum atomic E-state index is -3.16. The summed E-state index contributed by atoms with van der Waals surface area (Å²) in [7, 11) is 0. The number of H-pyrrole nitrogens is 2. The summed E-state index contributed by atoms with van der Waals surface area (Å²) in [6.07, 6.45) is 1.95. The Bertz CT molecular complexity index is 4620.